The van der Waals surface area contributed by atoms with Gasteiger partial charge in [0.2, 0.25) is 5.91 Å². The van der Waals surface area contributed by atoms with Crippen LogP contribution in [0.25, 0.3) is 0 Å². The molecule has 2 rings (SSSR count). The predicted octanol–water partition coefficient (Wildman–Crippen LogP) is 1.38. The molecule has 0 spiro atoms. The van der Waals surface area contributed by atoms with Crippen molar-refractivity contribution in [3.63, 3.8) is 0 Å². The summed E-state index contributed by atoms with van der Waals surface area (Å²) in [6.45, 7) is 3.30. The number of anilines is 1. The normalized spacial score (nSPS) is 28.3. The zero-order valence-electron chi connectivity index (χ0n) is 10.6. The van der Waals surface area contributed by atoms with Gasteiger partial charge in [-0.2, -0.15) is 18.3 Å². The van der Waals surface area contributed by atoms with Gasteiger partial charge in [-0.3, -0.25) is 14.4 Å². The summed E-state index contributed by atoms with van der Waals surface area (Å²) in [5, 5.41) is 13.6. The van der Waals surface area contributed by atoms with Crippen LogP contribution in [0.1, 0.15) is 19.5 Å². The van der Waals surface area contributed by atoms with Gasteiger partial charge in [-0.1, -0.05) is 13.8 Å². The SMILES string of the molecule is CC1C(=O)N(c2cc(C(F)(F)F)n(C)n2)C(O)[C@@H]1C. The van der Waals surface area contributed by atoms with E-state index in [0.717, 1.165) is 18.0 Å². The highest BCUT2D eigenvalue weighted by atomic mass is 19.4. The lowest BCUT2D eigenvalue weighted by atomic mass is 9.99. The first-order valence-corrected chi connectivity index (χ1v) is 5.77. The summed E-state index contributed by atoms with van der Waals surface area (Å²) >= 11 is 0. The Hall–Kier alpha value is -1.57. The van der Waals surface area contributed by atoms with Crippen molar-refractivity contribution >= 4 is 11.7 Å². The lowest BCUT2D eigenvalue weighted by Crippen LogP contribution is -2.35. The number of aliphatic hydroxyl groups excluding tert-OH is 1. The first-order valence-electron chi connectivity index (χ1n) is 5.77. The number of carbonyl (C=O) groups is 1. The zero-order chi connectivity index (χ0) is 14.5. The minimum absolute atomic E-state index is 0.177. The summed E-state index contributed by atoms with van der Waals surface area (Å²) in [7, 11) is 1.14. The second-order valence-electron chi connectivity index (χ2n) is 4.78. The molecule has 0 aliphatic carbocycles. The van der Waals surface area contributed by atoms with Crippen LogP contribution in [0.5, 0.6) is 0 Å². The Bertz CT molecular complexity index is 512. The molecule has 1 aromatic rings. The van der Waals surface area contributed by atoms with Crippen LogP contribution in [-0.2, 0) is 18.0 Å². The van der Waals surface area contributed by atoms with Crippen LogP contribution in [0.4, 0.5) is 19.0 Å². The number of halogens is 3. The molecule has 106 valence electrons. The summed E-state index contributed by atoms with van der Waals surface area (Å²) in [6.07, 6.45) is -5.70. The summed E-state index contributed by atoms with van der Waals surface area (Å²) in [4.78, 5) is 12.9. The first-order chi connectivity index (χ1) is 8.64. The van der Waals surface area contributed by atoms with Gasteiger partial charge in [0, 0.05) is 24.9 Å². The van der Waals surface area contributed by atoms with Gasteiger partial charge >= 0.3 is 6.18 Å². The largest absolute Gasteiger partial charge is 0.433 e. The number of hydrogen-bond donors (Lipinski definition) is 1. The van der Waals surface area contributed by atoms with E-state index in [2.05, 4.69) is 5.10 Å². The number of rotatable bonds is 1. The number of carbonyl (C=O) groups excluding carboxylic acids is 1. The molecular formula is C11H14F3N3O2. The fourth-order valence-electron chi connectivity index (χ4n) is 2.15. The molecule has 8 heteroatoms. The van der Waals surface area contributed by atoms with E-state index in [9.17, 15) is 23.1 Å². The van der Waals surface area contributed by atoms with E-state index in [1.807, 2.05) is 0 Å². The lowest BCUT2D eigenvalue weighted by molar-refractivity contribution is -0.143. The third-order valence-corrected chi connectivity index (χ3v) is 3.55. The molecule has 5 nitrogen and oxygen atoms in total. The molecule has 2 heterocycles. The minimum atomic E-state index is -4.55. The van der Waals surface area contributed by atoms with Gasteiger partial charge in [-0.05, 0) is 0 Å². The van der Waals surface area contributed by atoms with Gasteiger partial charge < -0.3 is 5.11 Å². The van der Waals surface area contributed by atoms with E-state index >= 15 is 0 Å². The number of amides is 1. The second-order valence-corrected chi connectivity index (χ2v) is 4.78. The third-order valence-electron chi connectivity index (χ3n) is 3.55. The molecule has 1 amide bonds. The summed E-state index contributed by atoms with van der Waals surface area (Å²) in [5.74, 6) is -1.41. The zero-order valence-corrected chi connectivity index (χ0v) is 10.6. The number of hydrogen-bond acceptors (Lipinski definition) is 3. The fraction of sp³-hybridized carbons (Fsp3) is 0.636. The van der Waals surface area contributed by atoms with Crippen LogP contribution in [0.2, 0.25) is 0 Å². The Morgan fingerprint density at radius 2 is 1.95 bits per heavy atom. The van der Waals surface area contributed by atoms with E-state index in [-0.39, 0.29) is 11.7 Å². The van der Waals surface area contributed by atoms with E-state index < -0.39 is 29.9 Å². The van der Waals surface area contributed by atoms with E-state index in [0.29, 0.717) is 4.68 Å². The van der Waals surface area contributed by atoms with Crippen LogP contribution < -0.4 is 4.90 Å². The van der Waals surface area contributed by atoms with Crippen molar-refractivity contribution in [2.45, 2.75) is 26.3 Å². The van der Waals surface area contributed by atoms with E-state index in [4.69, 9.17) is 0 Å². The molecule has 0 bridgehead atoms. The van der Waals surface area contributed by atoms with Crippen LogP contribution >= 0.6 is 0 Å². The first kappa shape index (κ1) is 13.9. The molecule has 1 aliphatic heterocycles. The number of aromatic nitrogens is 2. The number of alkyl halides is 3. The van der Waals surface area contributed by atoms with Crippen molar-refractivity contribution in [1.29, 1.82) is 0 Å². The Morgan fingerprint density at radius 1 is 1.37 bits per heavy atom. The molecule has 1 N–H and O–H groups in total. The Kier molecular flexibility index (Phi) is 3.08. The van der Waals surface area contributed by atoms with Crippen LogP contribution in [0.3, 0.4) is 0 Å². The van der Waals surface area contributed by atoms with Crippen LogP contribution in [-0.4, -0.2) is 27.0 Å². The molecular weight excluding hydrogens is 263 g/mol. The highest BCUT2D eigenvalue weighted by molar-refractivity contribution is 5.97. The Labute approximate surface area is 107 Å². The smallest absolute Gasteiger partial charge is 0.373 e. The van der Waals surface area contributed by atoms with Gasteiger partial charge in [-0.15, -0.1) is 0 Å². The molecule has 0 radical (unpaired) electrons. The molecule has 0 saturated carbocycles. The second kappa shape index (κ2) is 4.22. The van der Waals surface area contributed by atoms with Gasteiger partial charge in [0.15, 0.2) is 5.82 Å². The Balaban J connectivity index is 2.41. The molecule has 1 saturated heterocycles. The molecule has 0 aromatic carbocycles. The maximum Gasteiger partial charge on any atom is 0.433 e. The summed E-state index contributed by atoms with van der Waals surface area (Å²) < 4.78 is 38.7. The van der Waals surface area contributed by atoms with Gasteiger partial charge in [0.25, 0.3) is 0 Å². The number of aliphatic hydroxyl groups is 1. The maximum atomic E-state index is 12.7. The van der Waals surface area contributed by atoms with Crippen molar-refractivity contribution in [3.8, 4) is 0 Å². The third kappa shape index (κ3) is 2.09. The van der Waals surface area contributed by atoms with Crippen molar-refractivity contribution in [2.24, 2.45) is 18.9 Å². The van der Waals surface area contributed by atoms with Gasteiger partial charge in [0.05, 0.1) is 0 Å². The molecule has 2 unspecified atom stereocenters. The van der Waals surface area contributed by atoms with Crippen molar-refractivity contribution in [3.05, 3.63) is 11.8 Å². The Morgan fingerprint density at radius 3 is 2.32 bits per heavy atom. The topological polar surface area (TPSA) is 58.4 Å². The van der Waals surface area contributed by atoms with E-state index in [1.54, 1.807) is 13.8 Å². The monoisotopic (exact) mass is 277 g/mol. The minimum Gasteiger partial charge on any atom is -0.373 e. The molecule has 1 aromatic heterocycles. The van der Waals surface area contributed by atoms with Crippen molar-refractivity contribution < 1.29 is 23.1 Å². The molecule has 19 heavy (non-hydrogen) atoms. The standard InChI is InChI=1S/C11H14F3N3O2/c1-5-6(2)10(19)17(9(5)18)8-4-7(11(12,13)14)16(3)15-8/h4-6,9,18H,1-3H3/t5-,6?,9?/m1/s1. The summed E-state index contributed by atoms with van der Waals surface area (Å²) in [6, 6.07) is 0.770. The average molecular weight is 277 g/mol. The van der Waals surface area contributed by atoms with Crippen LogP contribution in [0.15, 0.2) is 6.07 Å². The van der Waals surface area contributed by atoms with Gasteiger partial charge in [-0.25, -0.2) is 0 Å². The van der Waals surface area contributed by atoms with E-state index in [1.165, 1.54) is 0 Å². The molecule has 1 aliphatic rings. The van der Waals surface area contributed by atoms with Crippen molar-refractivity contribution in [2.75, 3.05) is 4.90 Å². The number of aryl methyl sites for hydroxylation is 1. The van der Waals surface area contributed by atoms with Crippen LogP contribution in [0, 0.1) is 11.8 Å². The average Bonchev–Trinajstić information content (AvgIpc) is 2.75. The fourth-order valence-corrected chi connectivity index (χ4v) is 2.15. The highest BCUT2D eigenvalue weighted by Crippen LogP contribution is 2.36. The lowest BCUT2D eigenvalue weighted by Gasteiger charge is -2.19. The summed E-state index contributed by atoms with van der Waals surface area (Å²) in [5.41, 5.74) is -0.963. The van der Waals surface area contributed by atoms with Crippen molar-refractivity contribution in [1.82, 2.24) is 9.78 Å². The number of nitrogens with zero attached hydrogens (tertiary/aromatic N) is 3. The predicted molar refractivity (Wildman–Crippen MR) is 60.0 cm³/mol. The molecule has 3 atom stereocenters. The highest BCUT2D eigenvalue weighted by Gasteiger charge is 2.45. The molecule has 1 fully saturated rings. The maximum absolute atomic E-state index is 12.7. The quantitative estimate of drug-likeness (QED) is 0.843. The van der Waals surface area contributed by atoms with Gasteiger partial charge in [0.1, 0.15) is 11.9 Å².